The molecule has 5 rings (SSSR count). The molecule has 3 aromatic carbocycles. The van der Waals surface area contributed by atoms with Crippen LogP contribution in [-0.4, -0.2) is 9.97 Å². The summed E-state index contributed by atoms with van der Waals surface area (Å²) >= 11 is 0. The van der Waals surface area contributed by atoms with Gasteiger partial charge in [-0.25, -0.2) is 0 Å². The van der Waals surface area contributed by atoms with Gasteiger partial charge in [-0.05, 0) is 41.5 Å². The van der Waals surface area contributed by atoms with Crippen LogP contribution in [0.25, 0.3) is 33.6 Å². The van der Waals surface area contributed by atoms with Crippen molar-refractivity contribution in [3.05, 3.63) is 133 Å². The molecular formula is C29H22IrN2-2. The van der Waals surface area contributed by atoms with E-state index in [-0.39, 0.29) is 20.1 Å². The second kappa shape index (κ2) is 11.9. The van der Waals surface area contributed by atoms with Crippen molar-refractivity contribution in [3.8, 4) is 33.6 Å². The Morgan fingerprint density at radius 2 is 1.31 bits per heavy atom. The molecule has 0 fully saturated rings. The van der Waals surface area contributed by atoms with E-state index in [2.05, 4.69) is 22.1 Å². The third kappa shape index (κ3) is 6.31. The van der Waals surface area contributed by atoms with E-state index in [4.69, 9.17) is 4.11 Å². The minimum atomic E-state index is -2.10. The first-order valence-electron chi connectivity index (χ1n) is 11.4. The predicted molar refractivity (Wildman–Crippen MR) is 127 cm³/mol. The fourth-order valence-corrected chi connectivity index (χ4v) is 3.08. The van der Waals surface area contributed by atoms with Crippen molar-refractivity contribution >= 4 is 0 Å². The maximum absolute atomic E-state index is 7.52. The molecule has 0 saturated carbocycles. The second-order valence-corrected chi connectivity index (χ2v) is 6.78. The molecule has 0 amide bonds. The van der Waals surface area contributed by atoms with Crippen molar-refractivity contribution in [1.82, 2.24) is 9.97 Å². The monoisotopic (exact) mass is 594 g/mol. The Morgan fingerprint density at radius 1 is 0.625 bits per heavy atom. The zero-order chi connectivity index (χ0) is 23.8. The summed E-state index contributed by atoms with van der Waals surface area (Å²) in [6, 6.07) is 38.5. The van der Waals surface area contributed by atoms with Crippen molar-refractivity contribution in [2.24, 2.45) is 0 Å². The number of nitrogens with zero attached hydrogens (tertiary/aromatic N) is 2. The number of hydrogen-bond acceptors (Lipinski definition) is 2. The average molecular weight is 594 g/mol. The van der Waals surface area contributed by atoms with Crippen molar-refractivity contribution in [1.29, 1.82) is 0 Å². The minimum absolute atomic E-state index is 0. The van der Waals surface area contributed by atoms with Gasteiger partial charge in [0.25, 0.3) is 0 Å². The maximum atomic E-state index is 7.52. The number of benzene rings is 3. The molecule has 0 N–H and O–H groups in total. The Labute approximate surface area is 207 Å². The Morgan fingerprint density at radius 3 is 1.97 bits per heavy atom. The topological polar surface area (TPSA) is 25.8 Å². The molecule has 0 aliphatic rings. The number of rotatable bonds is 3. The van der Waals surface area contributed by atoms with Gasteiger partial charge >= 0.3 is 0 Å². The number of aromatic nitrogens is 2. The van der Waals surface area contributed by atoms with Gasteiger partial charge in [-0.15, -0.1) is 71.8 Å². The SMILES string of the molecule is [2H]C([2H])([2H])c1cccc(-c2ccnc(-c3[c-]cccc3)c2)c1.[Ir].[c-]1ccccc1-c1ccccn1. The molecule has 0 unspecified atom stereocenters. The normalized spacial score (nSPS) is 11.6. The van der Waals surface area contributed by atoms with Crippen molar-refractivity contribution in [2.45, 2.75) is 6.85 Å². The molecule has 159 valence electrons. The van der Waals surface area contributed by atoms with Crippen LogP contribution in [0, 0.1) is 19.0 Å². The van der Waals surface area contributed by atoms with Crippen LogP contribution in [0.5, 0.6) is 0 Å². The van der Waals surface area contributed by atoms with Gasteiger partial charge in [0.15, 0.2) is 0 Å². The van der Waals surface area contributed by atoms with Crippen molar-refractivity contribution in [2.75, 3.05) is 0 Å². The first kappa shape index (κ1) is 19.3. The number of aryl methyl sites for hydroxylation is 1. The summed E-state index contributed by atoms with van der Waals surface area (Å²) in [5, 5.41) is 0. The van der Waals surface area contributed by atoms with Crippen LogP contribution in [0.2, 0.25) is 0 Å². The van der Waals surface area contributed by atoms with Crippen LogP contribution in [0.1, 0.15) is 9.68 Å². The standard InChI is InChI=1S/C18H14N.C11H8N.Ir/c1-14-6-5-9-16(12-14)17-10-11-19-18(13-17)15-7-3-2-4-8-15;1-2-6-10(7-3-1)11-8-4-5-9-12-11;/h2-7,9-13H,1H3;1-6,8-9H;/q2*-1;/i1D3;;. The van der Waals surface area contributed by atoms with E-state index in [9.17, 15) is 0 Å². The molecule has 3 heteroatoms. The smallest absolute Gasteiger partial charge is 0.0280 e. The zero-order valence-corrected chi connectivity index (χ0v) is 19.6. The first-order chi connectivity index (χ1) is 16.5. The summed E-state index contributed by atoms with van der Waals surface area (Å²) in [6.07, 6.45) is 3.52. The van der Waals surface area contributed by atoms with E-state index in [0.717, 1.165) is 33.6 Å². The van der Waals surface area contributed by atoms with Crippen LogP contribution < -0.4 is 0 Å². The summed E-state index contributed by atoms with van der Waals surface area (Å²) in [5.74, 6) is 0. The summed E-state index contributed by atoms with van der Waals surface area (Å²) in [6.45, 7) is -2.10. The van der Waals surface area contributed by atoms with E-state index in [0.29, 0.717) is 5.56 Å². The second-order valence-electron chi connectivity index (χ2n) is 6.78. The third-order valence-corrected chi connectivity index (χ3v) is 4.59. The Balaban J connectivity index is 0.000000223. The summed E-state index contributed by atoms with van der Waals surface area (Å²) in [5.41, 5.74) is 5.89. The van der Waals surface area contributed by atoms with Crippen molar-refractivity contribution in [3.63, 3.8) is 0 Å². The van der Waals surface area contributed by atoms with Crippen LogP contribution in [0.15, 0.2) is 116 Å². The molecule has 0 aliphatic heterocycles. The molecule has 5 aromatic rings. The Hall–Kier alpha value is -3.39. The molecule has 0 spiro atoms. The molecule has 0 bridgehead atoms. The summed E-state index contributed by atoms with van der Waals surface area (Å²) in [7, 11) is 0. The van der Waals surface area contributed by atoms with Crippen LogP contribution in [-0.2, 0) is 20.1 Å². The van der Waals surface area contributed by atoms with Gasteiger partial charge in [-0.2, -0.15) is 0 Å². The molecule has 0 saturated heterocycles. The molecule has 2 aromatic heterocycles. The van der Waals surface area contributed by atoms with Crippen molar-refractivity contribution < 1.29 is 24.2 Å². The average Bonchev–Trinajstić information content (AvgIpc) is 2.90. The van der Waals surface area contributed by atoms with E-state index >= 15 is 0 Å². The van der Waals surface area contributed by atoms with Gasteiger partial charge in [0, 0.05) is 36.6 Å². The first-order valence-corrected chi connectivity index (χ1v) is 9.93. The predicted octanol–water partition coefficient (Wildman–Crippen LogP) is 7.07. The summed E-state index contributed by atoms with van der Waals surface area (Å²) in [4.78, 5) is 8.58. The number of pyridine rings is 2. The molecule has 2 heterocycles. The van der Waals surface area contributed by atoms with Crippen LogP contribution in [0.4, 0.5) is 0 Å². The van der Waals surface area contributed by atoms with Gasteiger partial charge in [0.1, 0.15) is 0 Å². The van der Waals surface area contributed by atoms with E-state index in [1.165, 1.54) is 0 Å². The van der Waals surface area contributed by atoms with Gasteiger partial charge in [0.05, 0.1) is 0 Å². The van der Waals surface area contributed by atoms with E-state index < -0.39 is 6.85 Å². The van der Waals surface area contributed by atoms with E-state index in [1.54, 1.807) is 30.6 Å². The summed E-state index contributed by atoms with van der Waals surface area (Å²) < 4.78 is 22.6. The fourth-order valence-electron chi connectivity index (χ4n) is 3.08. The molecule has 0 aliphatic carbocycles. The molecule has 32 heavy (non-hydrogen) atoms. The maximum Gasteiger partial charge on any atom is 0.0280 e. The fraction of sp³-hybridized carbons (Fsp3) is 0.0345. The number of hydrogen-bond donors (Lipinski definition) is 0. The third-order valence-electron chi connectivity index (χ3n) is 4.59. The van der Waals surface area contributed by atoms with Crippen LogP contribution in [0.3, 0.4) is 0 Å². The Kier molecular flexibility index (Phi) is 7.15. The van der Waals surface area contributed by atoms with Gasteiger partial charge in [-0.1, -0.05) is 48.0 Å². The molecular weight excluding hydrogens is 569 g/mol. The quantitative estimate of drug-likeness (QED) is 0.209. The van der Waals surface area contributed by atoms with E-state index in [1.807, 2.05) is 84.9 Å². The molecule has 2 nitrogen and oxygen atoms in total. The largest absolute Gasteiger partial charge is 0.305 e. The zero-order valence-electron chi connectivity index (χ0n) is 20.2. The minimum Gasteiger partial charge on any atom is -0.305 e. The molecule has 1 radical (unpaired) electrons. The van der Waals surface area contributed by atoms with Gasteiger partial charge in [-0.3, -0.25) is 0 Å². The van der Waals surface area contributed by atoms with Gasteiger partial charge < -0.3 is 9.97 Å². The Bertz CT molecular complexity index is 1290. The van der Waals surface area contributed by atoms with Crippen LogP contribution >= 0.6 is 0 Å². The van der Waals surface area contributed by atoms with Gasteiger partial charge in [0.2, 0.25) is 0 Å². The molecule has 0 atom stereocenters.